The maximum atomic E-state index is 2.75. The lowest BCUT2D eigenvalue weighted by atomic mass is 9.89. The molecule has 2 atom stereocenters. The minimum absolute atomic E-state index is 0.747. The summed E-state index contributed by atoms with van der Waals surface area (Å²) in [5, 5.41) is 0. The van der Waals surface area contributed by atoms with Gasteiger partial charge in [-0.25, -0.2) is 0 Å². The molecule has 0 aliphatic heterocycles. The van der Waals surface area contributed by atoms with Gasteiger partial charge in [-0.15, -0.1) is 0 Å². The monoisotopic (exact) mass is 354 g/mol. The third-order valence-electron chi connectivity index (χ3n) is 5.85. The van der Waals surface area contributed by atoms with Crippen LogP contribution >= 0.6 is 0 Å². The highest BCUT2D eigenvalue weighted by Crippen LogP contribution is 2.47. The van der Waals surface area contributed by atoms with E-state index in [-0.39, 0.29) is 0 Å². The summed E-state index contributed by atoms with van der Waals surface area (Å²) in [5.41, 5.74) is 8.03. The SMILES string of the molecule is C[Si](C)(C)C1C=C2CCc3ccc(cc3)CCC1=CC2[Si](C)(C)C. The second-order valence-electron chi connectivity index (χ2n) is 9.99. The average Bonchev–Trinajstić information content (AvgIpc) is 2.47. The summed E-state index contributed by atoms with van der Waals surface area (Å²) in [6, 6.07) is 9.44. The number of aryl methyl sites for hydroxylation is 2. The molecule has 1 aromatic carbocycles. The Kier molecular flexibility index (Phi) is 4.83. The van der Waals surface area contributed by atoms with E-state index < -0.39 is 16.1 Å². The van der Waals surface area contributed by atoms with Crippen LogP contribution in [0.4, 0.5) is 0 Å². The maximum Gasteiger partial charge on any atom is 0.0561 e. The van der Waals surface area contributed by atoms with Gasteiger partial charge in [0.05, 0.1) is 16.1 Å². The lowest BCUT2D eigenvalue weighted by molar-refractivity contribution is 0.812. The van der Waals surface area contributed by atoms with E-state index in [9.17, 15) is 0 Å². The molecule has 1 aromatic rings. The number of hydrogen-bond acceptors (Lipinski definition) is 0. The summed E-state index contributed by atoms with van der Waals surface area (Å²) in [7, 11) is -2.45. The fraction of sp³-hybridized carbons (Fsp3) is 0.545. The molecule has 5 aliphatic carbocycles. The van der Waals surface area contributed by atoms with Crippen molar-refractivity contribution in [3.8, 4) is 0 Å². The minimum atomic E-state index is -1.22. The summed E-state index contributed by atoms with van der Waals surface area (Å²) in [4.78, 5) is 0. The smallest absolute Gasteiger partial charge is 0.0561 e. The average molecular weight is 355 g/mol. The predicted molar refractivity (Wildman–Crippen MR) is 113 cm³/mol. The van der Waals surface area contributed by atoms with Crippen molar-refractivity contribution >= 4 is 16.1 Å². The minimum Gasteiger partial charge on any atom is -0.0806 e. The second-order valence-corrected chi connectivity index (χ2v) is 20.7. The van der Waals surface area contributed by atoms with Crippen molar-refractivity contribution in [2.45, 2.75) is 76.0 Å². The third kappa shape index (κ3) is 3.86. The number of rotatable bonds is 2. The van der Waals surface area contributed by atoms with Crippen LogP contribution in [0.3, 0.4) is 0 Å². The normalized spacial score (nSPS) is 24.9. The molecule has 0 saturated heterocycles. The van der Waals surface area contributed by atoms with E-state index in [4.69, 9.17) is 0 Å². The molecule has 0 aromatic heterocycles. The van der Waals surface area contributed by atoms with Crippen molar-refractivity contribution in [1.82, 2.24) is 0 Å². The first-order valence-electron chi connectivity index (χ1n) is 9.63. The Morgan fingerprint density at radius 1 is 0.583 bits per heavy atom. The van der Waals surface area contributed by atoms with Gasteiger partial charge in [-0.2, -0.15) is 0 Å². The van der Waals surface area contributed by atoms with Crippen molar-refractivity contribution in [2.75, 3.05) is 0 Å². The van der Waals surface area contributed by atoms with Gasteiger partial charge >= 0.3 is 0 Å². The molecule has 0 N–H and O–H groups in total. The van der Waals surface area contributed by atoms with Crippen LogP contribution in [0.1, 0.15) is 24.0 Å². The Hall–Kier alpha value is -0.866. The Balaban J connectivity index is 2.06. The van der Waals surface area contributed by atoms with Gasteiger partial charge in [-0.3, -0.25) is 0 Å². The molecule has 0 amide bonds. The van der Waals surface area contributed by atoms with Gasteiger partial charge in [0, 0.05) is 0 Å². The van der Waals surface area contributed by atoms with Crippen molar-refractivity contribution < 1.29 is 0 Å². The third-order valence-corrected chi connectivity index (χ3v) is 10.7. The number of hydrogen-bond donors (Lipinski definition) is 0. The molecule has 24 heavy (non-hydrogen) atoms. The fourth-order valence-corrected chi connectivity index (χ4v) is 8.52. The standard InChI is InChI=1S/C22H34Si2/c1-23(2,3)21-15-20-14-12-18-9-7-17(8-10-18)11-13-19(21)16-22(20)24(4,5)6/h7-10,15-16,21-22H,11-14H2,1-6H3. The fourth-order valence-electron chi connectivity index (χ4n) is 4.39. The summed E-state index contributed by atoms with van der Waals surface area (Å²) in [6.07, 6.45) is 10.4. The van der Waals surface area contributed by atoms with E-state index in [1.54, 1.807) is 11.1 Å². The molecule has 2 heteroatoms. The molecule has 130 valence electrons. The Morgan fingerprint density at radius 3 is 1.21 bits per heavy atom. The summed E-state index contributed by atoms with van der Waals surface area (Å²) in [6.45, 7) is 15.3. The van der Waals surface area contributed by atoms with Gasteiger partial charge in [0.25, 0.3) is 0 Å². The van der Waals surface area contributed by atoms with E-state index in [2.05, 4.69) is 75.7 Å². The van der Waals surface area contributed by atoms with Gasteiger partial charge in [0.2, 0.25) is 0 Å². The van der Waals surface area contributed by atoms with Crippen LogP contribution in [-0.2, 0) is 12.8 Å². The highest BCUT2D eigenvalue weighted by molar-refractivity contribution is 6.80. The molecular formula is C22H34Si2. The topological polar surface area (TPSA) is 0 Å². The Labute approximate surface area is 151 Å². The van der Waals surface area contributed by atoms with Crippen molar-refractivity contribution in [2.24, 2.45) is 0 Å². The van der Waals surface area contributed by atoms with E-state index in [0.717, 1.165) is 11.1 Å². The lowest BCUT2D eigenvalue weighted by Gasteiger charge is -2.40. The molecule has 0 spiro atoms. The summed E-state index contributed by atoms with van der Waals surface area (Å²) in [5.74, 6) is 0. The van der Waals surface area contributed by atoms with Crippen LogP contribution in [0.25, 0.3) is 0 Å². The van der Waals surface area contributed by atoms with Crippen LogP contribution in [0.2, 0.25) is 50.4 Å². The largest absolute Gasteiger partial charge is 0.0806 e. The van der Waals surface area contributed by atoms with E-state index in [0.29, 0.717) is 0 Å². The zero-order chi connectivity index (χ0) is 17.5. The maximum absolute atomic E-state index is 2.75. The highest BCUT2D eigenvalue weighted by atomic mass is 28.3. The highest BCUT2D eigenvalue weighted by Gasteiger charge is 2.37. The summed E-state index contributed by atoms with van der Waals surface area (Å²) < 4.78 is 0. The van der Waals surface area contributed by atoms with Crippen LogP contribution in [0, 0.1) is 0 Å². The van der Waals surface area contributed by atoms with E-state index >= 15 is 0 Å². The molecule has 2 unspecified atom stereocenters. The lowest BCUT2D eigenvalue weighted by Crippen LogP contribution is -2.35. The molecule has 5 aliphatic rings. The molecule has 4 bridgehead atoms. The molecule has 0 saturated carbocycles. The zero-order valence-corrected chi connectivity index (χ0v) is 18.4. The van der Waals surface area contributed by atoms with Gasteiger partial charge in [-0.1, -0.05) is 86.8 Å². The van der Waals surface area contributed by atoms with Gasteiger partial charge in [0.15, 0.2) is 0 Å². The van der Waals surface area contributed by atoms with Gasteiger partial charge < -0.3 is 0 Å². The molecule has 0 fully saturated rings. The van der Waals surface area contributed by atoms with Crippen molar-refractivity contribution in [3.63, 3.8) is 0 Å². The zero-order valence-electron chi connectivity index (χ0n) is 16.4. The Bertz CT molecular complexity index is 592. The van der Waals surface area contributed by atoms with Crippen LogP contribution < -0.4 is 0 Å². The van der Waals surface area contributed by atoms with Gasteiger partial charge in [0.1, 0.15) is 0 Å². The molecule has 0 heterocycles. The first kappa shape index (κ1) is 17.9. The second kappa shape index (κ2) is 6.46. The number of benzene rings is 1. The van der Waals surface area contributed by atoms with E-state index in [1.807, 2.05) is 0 Å². The van der Waals surface area contributed by atoms with Crippen LogP contribution in [-0.4, -0.2) is 16.1 Å². The number of allylic oxidation sites excluding steroid dienone is 4. The van der Waals surface area contributed by atoms with Crippen molar-refractivity contribution in [1.29, 1.82) is 0 Å². The first-order chi connectivity index (χ1) is 11.1. The van der Waals surface area contributed by atoms with Crippen molar-refractivity contribution in [3.05, 3.63) is 58.7 Å². The first-order valence-corrected chi connectivity index (χ1v) is 16.8. The quantitative estimate of drug-likeness (QED) is 0.402. The summed E-state index contributed by atoms with van der Waals surface area (Å²) >= 11 is 0. The van der Waals surface area contributed by atoms with Crippen LogP contribution in [0.15, 0.2) is 47.6 Å². The molecule has 0 nitrogen and oxygen atoms in total. The van der Waals surface area contributed by atoms with E-state index in [1.165, 1.54) is 36.8 Å². The molecule has 0 radical (unpaired) electrons. The molecule has 6 rings (SSSR count). The van der Waals surface area contributed by atoms with Gasteiger partial charge in [-0.05, 0) is 47.9 Å². The molecular weight excluding hydrogens is 320 g/mol. The Morgan fingerprint density at radius 2 is 0.917 bits per heavy atom. The predicted octanol–water partition coefficient (Wildman–Crippen LogP) is 6.85. The van der Waals surface area contributed by atoms with Crippen LogP contribution in [0.5, 0.6) is 0 Å².